The molecule has 0 unspecified atom stereocenters. The van der Waals surface area contributed by atoms with Crippen LogP contribution in [0.2, 0.25) is 0 Å². The fraction of sp³-hybridized carbons (Fsp3) is 0.467. The lowest BCUT2D eigenvalue weighted by atomic mass is 9.86. The summed E-state index contributed by atoms with van der Waals surface area (Å²) in [5.41, 5.74) is 2.07. The molecule has 0 aromatic rings. The molecule has 0 aliphatic heterocycles. The molecule has 0 heterocycles. The van der Waals surface area contributed by atoms with E-state index in [4.69, 9.17) is 0 Å². The van der Waals surface area contributed by atoms with Crippen LogP contribution in [0.5, 0.6) is 0 Å². The summed E-state index contributed by atoms with van der Waals surface area (Å²) in [4.78, 5) is 22.0. The van der Waals surface area contributed by atoms with Crippen molar-refractivity contribution in [1.82, 2.24) is 0 Å². The number of aliphatic hydroxyl groups excluding tert-OH is 1. The first-order chi connectivity index (χ1) is 8.45. The summed E-state index contributed by atoms with van der Waals surface area (Å²) in [7, 11) is 0. The van der Waals surface area contributed by atoms with Crippen LogP contribution in [0, 0.1) is 5.92 Å². The molecule has 1 aliphatic carbocycles. The van der Waals surface area contributed by atoms with E-state index in [1.165, 1.54) is 0 Å². The fourth-order valence-corrected chi connectivity index (χ4v) is 1.98. The predicted octanol–water partition coefficient (Wildman–Crippen LogP) is 2.36. The molecule has 18 heavy (non-hydrogen) atoms. The Morgan fingerprint density at radius 1 is 1.56 bits per heavy atom. The van der Waals surface area contributed by atoms with E-state index in [0.717, 1.165) is 24.7 Å². The van der Waals surface area contributed by atoms with Gasteiger partial charge in [-0.3, -0.25) is 9.59 Å². The van der Waals surface area contributed by atoms with Gasteiger partial charge < -0.3 is 5.11 Å². The van der Waals surface area contributed by atoms with Gasteiger partial charge in [-0.15, -0.1) is 0 Å². The van der Waals surface area contributed by atoms with E-state index in [-0.39, 0.29) is 11.7 Å². The predicted molar refractivity (Wildman–Crippen MR) is 71.1 cm³/mol. The van der Waals surface area contributed by atoms with Crippen molar-refractivity contribution in [3.63, 3.8) is 0 Å². The van der Waals surface area contributed by atoms with E-state index in [2.05, 4.69) is 0 Å². The monoisotopic (exact) mass is 248 g/mol. The van der Waals surface area contributed by atoms with E-state index >= 15 is 0 Å². The van der Waals surface area contributed by atoms with Crippen LogP contribution in [0.25, 0.3) is 0 Å². The van der Waals surface area contributed by atoms with E-state index in [9.17, 15) is 14.7 Å². The molecule has 1 N–H and O–H groups in total. The lowest BCUT2D eigenvalue weighted by Crippen LogP contribution is -2.21. The molecule has 98 valence electrons. The average Bonchev–Trinajstić information content (AvgIpc) is 2.33. The van der Waals surface area contributed by atoms with Crippen LogP contribution in [0.3, 0.4) is 0 Å². The van der Waals surface area contributed by atoms with Crippen molar-refractivity contribution >= 4 is 12.1 Å². The lowest BCUT2D eigenvalue weighted by molar-refractivity contribution is -0.111. The molecule has 1 rings (SSSR count). The molecule has 0 saturated carbocycles. The summed E-state index contributed by atoms with van der Waals surface area (Å²) in [6, 6.07) is 0. The number of ketones is 1. The quantitative estimate of drug-likeness (QED) is 0.600. The molecule has 0 fully saturated rings. The highest BCUT2D eigenvalue weighted by Gasteiger charge is 2.21. The minimum Gasteiger partial charge on any atom is -0.385 e. The Balaban J connectivity index is 2.62. The summed E-state index contributed by atoms with van der Waals surface area (Å²) in [5, 5.41) is 9.91. The highest BCUT2D eigenvalue weighted by atomic mass is 16.3. The van der Waals surface area contributed by atoms with Crippen LogP contribution in [0.4, 0.5) is 0 Å². The molecule has 3 heteroatoms. The van der Waals surface area contributed by atoms with Crippen LogP contribution in [0.1, 0.15) is 33.6 Å². The zero-order valence-electron chi connectivity index (χ0n) is 11.1. The van der Waals surface area contributed by atoms with Crippen molar-refractivity contribution in [3.05, 3.63) is 34.9 Å². The maximum absolute atomic E-state index is 11.6. The first-order valence-corrected chi connectivity index (χ1v) is 6.20. The second-order valence-corrected chi connectivity index (χ2v) is 4.85. The van der Waals surface area contributed by atoms with Gasteiger partial charge in [-0.2, -0.15) is 0 Å². The van der Waals surface area contributed by atoms with Crippen molar-refractivity contribution in [3.8, 4) is 0 Å². The summed E-state index contributed by atoms with van der Waals surface area (Å²) in [6.07, 6.45) is 6.77. The lowest BCUT2D eigenvalue weighted by Gasteiger charge is -2.22. The number of hydrogen-bond donors (Lipinski definition) is 1. The van der Waals surface area contributed by atoms with Gasteiger partial charge in [-0.25, -0.2) is 0 Å². The minimum absolute atomic E-state index is 0.0261. The normalized spacial score (nSPS) is 22.3. The third kappa shape index (κ3) is 3.77. The summed E-state index contributed by atoms with van der Waals surface area (Å²) in [5.74, 6) is 0.103. The first-order valence-electron chi connectivity index (χ1n) is 6.20. The van der Waals surface area contributed by atoms with E-state index in [1.54, 1.807) is 26.0 Å². The van der Waals surface area contributed by atoms with Gasteiger partial charge in [0.1, 0.15) is 6.29 Å². The number of carbonyl (C=O) groups is 2. The third-order valence-corrected chi connectivity index (χ3v) is 3.26. The number of aldehydes is 1. The molecule has 0 aromatic heterocycles. The van der Waals surface area contributed by atoms with Gasteiger partial charge in [-0.05, 0) is 61.5 Å². The largest absolute Gasteiger partial charge is 0.385 e. The average molecular weight is 248 g/mol. The van der Waals surface area contributed by atoms with E-state index in [0.29, 0.717) is 11.1 Å². The van der Waals surface area contributed by atoms with Crippen LogP contribution in [0.15, 0.2) is 34.9 Å². The Hall–Kier alpha value is -1.48. The molecular weight excluding hydrogens is 228 g/mol. The molecule has 0 radical (unpaired) electrons. The molecule has 0 saturated heterocycles. The highest BCUT2D eigenvalue weighted by molar-refractivity contribution is 6.05. The molecule has 0 amide bonds. The number of allylic oxidation sites excluding steroid dienone is 4. The maximum atomic E-state index is 11.6. The second-order valence-electron chi connectivity index (χ2n) is 4.85. The number of rotatable bonds is 5. The van der Waals surface area contributed by atoms with Crippen LogP contribution >= 0.6 is 0 Å². The molecule has 0 aromatic carbocycles. The number of carbonyl (C=O) groups excluding carboxylic acids is 2. The molecule has 2 atom stereocenters. The van der Waals surface area contributed by atoms with Crippen molar-refractivity contribution in [2.75, 3.05) is 0 Å². The minimum atomic E-state index is -0.658. The maximum Gasteiger partial charge on any atom is 0.181 e. The van der Waals surface area contributed by atoms with Gasteiger partial charge in [0.2, 0.25) is 0 Å². The summed E-state index contributed by atoms with van der Waals surface area (Å²) >= 11 is 0. The number of aliphatic hydroxyl groups is 1. The van der Waals surface area contributed by atoms with E-state index in [1.807, 2.05) is 13.0 Å². The Kier molecular flexibility index (Phi) is 5.23. The SMILES string of the molecule is CC1=C[C@H](O)C([C@H](C)CC/C=C(\C)C=O)=CC1=O. The van der Waals surface area contributed by atoms with Gasteiger partial charge in [0.15, 0.2) is 5.78 Å². The van der Waals surface area contributed by atoms with Crippen molar-refractivity contribution in [2.24, 2.45) is 5.92 Å². The number of hydrogen-bond acceptors (Lipinski definition) is 3. The van der Waals surface area contributed by atoms with Crippen molar-refractivity contribution in [1.29, 1.82) is 0 Å². The smallest absolute Gasteiger partial charge is 0.181 e. The molecule has 3 nitrogen and oxygen atoms in total. The third-order valence-electron chi connectivity index (χ3n) is 3.26. The Morgan fingerprint density at radius 3 is 2.83 bits per heavy atom. The molecular formula is C15H20O3. The van der Waals surface area contributed by atoms with Crippen molar-refractivity contribution < 1.29 is 14.7 Å². The zero-order chi connectivity index (χ0) is 13.7. The van der Waals surface area contributed by atoms with Crippen LogP contribution < -0.4 is 0 Å². The van der Waals surface area contributed by atoms with Crippen molar-refractivity contribution in [2.45, 2.75) is 39.7 Å². The Morgan fingerprint density at radius 2 is 2.22 bits per heavy atom. The van der Waals surface area contributed by atoms with Gasteiger partial charge in [-0.1, -0.05) is 13.0 Å². The summed E-state index contributed by atoms with van der Waals surface area (Å²) in [6.45, 7) is 5.46. The zero-order valence-corrected chi connectivity index (χ0v) is 11.1. The first kappa shape index (κ1) is 14.6. The molecule has 1 aliphatic rings. The Bertz CT molecular complexity index is 427. The van der Waals surface area contributed by atoms with Crippen LogP contribution in [-0.4, -0.2) is 23.3 Å². The molecule has 0 bridgehead atoms. The van der Waals surface area contributed by atoms with E-state index < -0.39 is 6.10 Å². The standard InChI is InChI=1S/C15H20O3/c1-10(9-16)5-4-6-11(2)13-8-14(17)12(3)7-15(13)18/h5,7-9,11,15,18H,4,6H2,1-3H3/b10-5+/t11-,15+/m1/s1. The van der Waals surface area contributed by atoms with Crippen LogP contribution in [-0.2, 0) is 9.59 Å². The Labute approximate surface area is 108 Å². The van der Waals surface area contributed by atoms with Gasteiger partial charge >= 0.3 is 0 Å². The van der Waals surface area contributed by atoms with Gasteiger partial charge in [0.05, 0.1) is 6.10 Å². The molecule has 0 spiro atoms. The highest BCUT2D eigenvalue weighted by Crippen LogP contribution is 2.25. The topological polar surface area (TPSA) is 54.4 Å². The second kappa shape index (κ2) is 6.45. The van der Waals surface area contributed by atoms with Gasteiger partial charge in [0.25, 0.3) is 0 Å². The van der Waals surface area contributed by atoms with Gasteiger partial charge in [0, 0.05) is 0 Å². The summed E-state index contributed by atoms with van der Waals surface area (Å²) < 4.78 is 0. The fourth-order valence-electron chi connectivity index (χ4n) is 1.98.